The van der Waals surface area contributed by atoms with E-state index >= 15 is 0 Å². The van der Waals surface area contributed by atoms with Gasteiger partial charge in [0.2, 0.25) is 5.91 Å². The molecule has 1 unspecified atom stereocenters. The van der Waals surface area contributed by atoms with E-state index in [1.165, 1.54) is 10.9 Å². The molecule has 0 radical (unpaired) electrons. The van der Waals surface area contributed by atoms with Crippen LogP contribution in [-0.4, -0.2) is 22.7 Å². The third-order valence-corrected chi connectivity index (χ3v) is 3.03. The van der Waals surface area contributed by atoms with Crippen LogP contribution in [0.3, 0.4) is 0 Å². The molecule has 1 atom stereocenters. The van der Waals surface area contributed by atoms with Crippen molar-refractivity contribution in [2.45, 2.75) is 19.5 Å². The average molecular weight is 294 g/mol. The lowest BCUT2D eigenvalue weighted by Gasteiger charge is -2.14. The summed E-state index contributed by atoms with van der Waals surface area (Å²) in [5.41, 5.74) is 0.851. The fraction of sp³-hybridized carbons (Fsp3) is 0.286. The molecule has 0 fully saturated rings. The van der Waals surface area contributed by atoms with Gasteiger partial charge in [-0.1, -0.05) is 0 Å². The van der Waals surface area contributed by atoms with Crippen molar-refractivity contribution < 1.29 is 13.6 Å². The first-order valence-electron chi connectivity index (χ1n) is 6.44. The molecule has 1 amide bonds. The van der Waals surface area contributed by atoms with E-state index in [0.29, 0.717) is 5.69 Å². The van der Waals surface area contributed by atoms with Crippen LogP contribution in [0.25, 0.3) is 0 Å². The van der Waals surface area contributed by atoms with Crippen molar-refractivity contribution in [2.75, 3.05) is 12.4 Å². The number of carbonyl (C=O) groups excluding carboxylic acids is 1. The van der Waals surface area contributed by atoms with Gasteiger partial charge in [-0.05, 0) is 25.1 Å². The number of benzene rings is 1. The van der Waals surface area contributed by atoms with Gasteiger partial charge in [0.15, 0.2) is 0 Å². The molecule has 0 aliphatic rings. The molecule has 0 aliphatic heterocycles. The minimum absolute atomic E-state index is 0.0981. The van der Waals surface area contributed by atoms with Crippen LogP contribution in [0.4, 0.5) is 14.5 Å². The highest BCUT2D eigenvalue weighted by atomic mass is 19.1. The molecule has 112 valence electrons. The highest BCUT2D eigenvalue weighted by Gasteiger charge is 2.13. The van der Waals surface area contributed by atoms with E-state index in [-0.39, 0.29) is 18.0 Å². The second kappa shape index (κ2) is 6.34. The van der Waals surface area contributed by atoms with E-state index in [1.54, 1.807) is 20.2 Å². The van der Waals surface area contributed by atoms with Gasteiger partial charge in [0.05, 0.1) is 17.9 Å². The minimum Gasteiger partial charge on any atom is -0.376 e. The number of rotatable bonds is 5. The Bertz CT molecular complexity index is 642. The number of anilines is 1. The number of nitrogens with zero attached hydrogens (tertiary/aromatic N) is 2. The number of amides is 1. The van der Waals surface area contributed by atoms with E-state index in [0.717, 1.165) is 18.2 Å². The van der Waals surface area contributed by atoms with Gasteiger partial charge in [0, 0.05) is 18.8 Å². The zero-order valence-electron chi connectivity index (χ0n) is 11.7. The maximum atomic E-state index is 13.7. The molecule has 0 spiro atoms. The van der Waals surface area contributed by atoms with Crippen molar-refractivity contribution in [3.8, 4) is 0 Å². The predicted molar refractivity (Wildman–Crippen MR) is 74.7 cm³/mol. The molecule has 1 heterocycles. The van der Waals surface area contributed by atoms with E-state index in [4.69, 9.17) is 0 Å². The molecular weight excluding hydrogens is 278 g/mol. The van der Waals surface area contributed by atoms with E-state index in [2.05, 4.69) is 15.7 Å². The summed E-state index contributed by atoms with van der Waals surface area (Å²) in [6.45, 7) is 1.81. The smallest absolute Gasteiger partial charge is 0.241 e. The van der Waals surface area contributed by atoms with Crippen LogP contribution in [0.2, 0.25) is 0 Å². The highest BCUT2D eigenvalue weighted by molar-refractivity contribution is 5.75. The van der Waals surface area contributed by atoms with E-state index in [1.807, 2.05) is 0 Å². The zero-order valence-corrected chi connectivity index (χ0v) is 11.7. The number of hydrogen-bond acceptors (Lipinski definition) is 3. The van der Waals surface area contributed by atoms with Crippen molar-refractivity contribution in [3.05, 3.63) is 47.8 Å². The third-order valence-electron chi connectivity index (χ3n) is 3.03. The van der Waals surface area contributed by atoms with Gasteiger partial charge in [-0.25, -0.2) is 8.78 Å². The van der Waals surface area contributed by atoms with Gasteiger partial charge < -0.3 is 10.6 Å². The lowest BCUT2D eigenvalue weighted by atomic mass is 10.1. The van der Waals surface area contributed by atoms with Gasteiger partial charge in [0.25, 0.3) is 0 Å². The van der Waals surface area contributed by atoms with Crippen LogP contribution in [-0.2, 0) is 11.3 Å². The summed E-state index contributed by atoms with van der Waals surface area (Å²) in [5.74, 6) is -1.14. The SMILES string of the molecule is CNC(=O)Cn1cc(NC(C)c2cc(F)ccc2F)cn1. The molecule has 2 N–H and O–H groups in total. The van der Waals surface area contributed by atoms with E-state index < -0.39 is 17.7 Å². The summed E-state index contributed by atoms with van der Waals surface area (Å²) < 4.78 is 28.3. The number of aromatic nitrogens is 2. The molecule has 1 aromatic carbocycles. The van der Waals surface area contributed by atoms with Crippen LogP contribution < -0.4 is 10.6 Å². The topological polar surface area (TPSA) is 59.0 Å². The first-order chi connectivity index (χ1) is 9.99. The number of likely N-dealkylation sites (N-methyl/N-ethyl adjacent to an activating group) is 1. The molecule has 0 saturated heterocycles. The molecule has 2 aromatic rings. The quantitative estimate of drug-likeness (QED) is 0.887. The largest absolute Gasteiger partial charge is 0.376 e. The second-order valence-corrected chi connectivity index (χ2v) is 4.63. The van der Waals surface area contributed by atoms with Crippen molar-refractivity contribution in [2.24, 2.45) is 0 Å². The van der Waals surface area contributed by atoms with Crippen molar-refractivity contribution in [1.29, 1.82) is 0 Å². The average Bonchev–Trinajstić information content (AvgIpc) is 2.88. The Morgan fingerprint density at radius 2 is 2.19 bits per heavy atom. The highest BCUT2D eigenvalue weighted by Crippen LogP contribution is 2.22. The Labute approximate surface area is 121 Å². The van der Waals surface area contributed by atoms with Crippen molar-refractivity contribution in [3.63, 3.8) is 0 Å². The maximum Gasteiger partial charge on any atom is 0.241 e. The van der Waals surface area contributed by atoms with Crippen LogP contribution in [0.5, 0.6) is 0 Å². The summed E-state index contributed by atoms with van der Waals surface area (Å²) in [6, 6.07) is 2.89. The van der Waals surface area contributed by atoms with Crippen molar-refractivity contribution in [1.82, 2.24) is 15.1 Å². The summed E-state index contributed by atoms with van der Waals surface area (Å²) in [6.07, 6.45) is 3.15. The summed E-state index contributed by atoms with van der Waals surface area (Å²) in [5, 5.41) is 9.52. The fourth-order valence-corrected chi connectivity index (χ4v) is 1.92. The van der Waals surface area contributed by atoms with Crippen LogP contribution >= 0.6 is 0 Å². The molecule has 0 aliphatic carbocycles. The second-order valence-electron chi connectivity index (χ2n) is 4.63. The Balaban J connectivity index is 2.07. The zero-order chi connectivity index (χ0) is 15.4. The predicted octanol–water partition coefficient (Wildman–Crippen LogP) is 2.08. The molecule has 0 bridgehead atoms. The lowest BCUT2D eigenvalue weighted by molar-refractivity contribution is -0.121. The van der Waals surface area contributed by atoms with Gasteiger partial charge in [-0.3, -0.25) is 9.48 Å². The Morgan fingerprint density at radius 3 is 2.90 bits per heavy atom. The number of carbonyl (C=O) groups is 1. The molecule has 7 heteroatoms. The normalized spacial score (nSPS) is 12.0. The van der Waals surface area contributed by atoms with E-state index in [9.17, 15) is 13.6 Å². The Kier molecular flexibility index (Phi) is 4.52. The Hall–Kier alpha value is -2.44. The minimum atomic E-state index is -0.490. The molecule has 2 rings (SSSR count). The van der Waals surface area contributed by atoms with Gasteiger partial charge in [-0.2, -0.15) is 5.10 Å². The first kappa shape index (κ1) is 15.0. The fourth-order valence-electron chi connectivity index (χ4n) is 1.92. The lowest BCUT2D eigenvalue weighted by Crippen LogP contribution is -2.23. The number of halogens is 2. The van der Waals surface area contributed by atoms with Gasteiger partial charge in [-0.15, -0.1) is 0 Å². The summed E-state index contributed by atoms with van der Waals surface area (Å²) >= 11 is 0. The van der Waals surface area contributed by atoms with Crippen LogP contribution in [0.1, 0.15) is 18.5 Å². The number of hydrogen-bond donors (Lipinski definition) is 2. The standard InChI is InChI=1S/C14H16F2N4O/c1-9(12-5-10(15)3-4-13(12)16)19-11-6-18-20(7-11)8-14(21)17-2/h3-7,9,19H,8H2,1-2H3,(H,17,21). The van der Waals surface area contributed by atoms with Crippen LogP contribution in [0, 0.1) is 11.6 Å². The molecule has 21 heavy (non-hydrogen) atoms. The van der Waals surface area contributed by atoms with Gasteiger partial charge >= 0.3 is 0 Å². The molecule has 5 nitrogen and oxygen atoms in total. The third kappa shape index (κ3) is 3.77. The molecule has 1 aromatic heterocycles. The first-order valence-corrected chi connectivity index (χ1v) is 6.44. The van der Waals surface area contributed by atoms with Crippen molar-refractivity contribution >= 4 is 11.6 Å². The monoisotopic (exact) mass is 294 g/mol. The summed E-state index contributed by atoms with van der Waals surface area (Å²) in [4.78, 5) is 11.2. The van der Waals surface area contributed by atoms with Crippen LogP contribution in [0.15, 0.2) is 30.6 Å². The van der Waals surface area contributed by atoms with Gasteiger partial charge in [0.1, 0.15) is 18.2 Å². The Morgan fingerprint density at radius 1 is 1.43 bits per heavy atom. The molecule has 0 saturated carbocycles. The molecular formula is C14H16F2N4O. The summed E-state index contributed by atoms with van der Waals surface area (Å²) in [7, 11) is 1.54. The maximum absolute atomic E-state index is 13.7. The number of nitrogens with one attached hydrogen (secondary N) is 2.